The second-order valence-electron chi connectivity index (χ2n) is 3.59. The Morgan fingerprint density at radius 1 is 1.26 bits per heavy atom. The van der Waals surface area contributed by atoms with Crippen LogP contribution >= 0.6 is 0 Å². The van der Waals surface area contributed by atoms with Gasteiger partial charge in [-0.3, -0.25) is 4.79 Å². The molecule has 1 aromatic carbocycles. The topological polar surface area (TPSA) is 96.9 Å². The standard InChI is InChI=1S/C12H16N2O5/c1-18-8-3-4-9(10(7-8)19-2)14-12(17)13-6-5-11(15)16/h3-4,7H,5-6H2,1-2H3,(H,15,16)(H2,13,14,17). The minimum absolute atomic E-state index is 0.0552. The molecule has 0 bridgehead atoms. The summed E-state index contributed by atoms with van der Waals surface area (Å²) in [5, 5.41) is 13.4. The van der Waals surface area contributed by atoms with Crippen LogP contribution in [0.4, 0.5) is 10.5 Å². The number of amides is 2. The first-order valence-corrected chi connectivity index (χ1v) is 5.55. The smallest absolute Gasteiger partial charge is 0.319 e. The Kier molecular flexibility index (Phi) is 5.46. The Bertz CT molecular complexity index is 461. The van der Waals surface area contributed by atoms with Crippen molar-refractivity contribution in [3.8, 4) is 11.5 Å². The number of hydrogen-bond acceptors (Lipinski definition) is 4. The number of hydrogen-bond donors (Lipinski definition) is 3. The van der Waals surface area contributed by atoms with Crippen LogP contribution in [0.5, 0.6) is 11.5 Å². The van der Waals surface area contributed by atoms with Crippen molar-refractivity contribution in [1.29, 1.82) is 0 Å². The van der Waals surface area contributed by atoms with Gasteiger partial charge in [0.25, 0.3) is 0 Å². The monoisotopic (exact) mass is 268 g/mol. The van der Waals surface area contributed by atoms with Crippen molar-refractivity contribution < 1.29 is 24.2 Å². The third kappa shape index (κ3) is 4.74. The SMILES string of the molecule is COc1ccc(NC(=O)NCCC(=O)O)c(OC)c1. The average molecular weight is 268 g/mol. The number of nitrogens with one attached hydrogen (secondary N) is 2. The average Bonchev–Trinajstić information content (AvgIpc) is 2.38. The van der Waals surface area contributed by atoms with E-state index >= 15 is 0 Å². The van der Waals surface area contributed by atoms with Crippen LogP contribution in [0.25, 0.3) is 0 Å². The highest BCUT2D eigenvalue weighted by molar-refractivity contribution is 5.91. The van der Waals surface area contributed by atoms with Gasteiger partial charge in [-0.25, -0.2) is 4.79 Å². The third-order valence-electron chi connectivity index (χ3n) is 2.28. The molecule has 7 heteroatoms. The summed E-state index contributed by atoms with van der Waals surface area (Å²) in [4.78, 5) is 21.8. The van der Waals surface area contributed by atoms with Gasteiger partial charge in [-0.05, 0) is 12.1 Å². The lowest BCUT2D eigenvalue weighted by atomic mass is 10.2. The van der Waals surface area contributed by atoms with Crippen LogP contribution in [-0.2, 0) is 4.79 Å². The highest BCUT2D eigenvalue weighted by atomic mass is 16.5. The number of carbonyl (C=O) groups excluding carboxylic acids is 1. The van der Waals surface area contributed by atoms with Gasteiger partial charge in [0.1, 0.15) is 11.5 Å². The second-order valence-corrected chi connectivity index (χ2v) is 3.59. The van der Waals surface area contributed by atoms with E-state index in [-0.39, 0.29) is 13.0 Å². The van der Waals surface area contributed by atoms with E-state index in [0.29, 0.717) is 17.2 Å². The number of carboxylic acids is 1. The molecule has 3 N–H and O–H groups in total. The van der Waals surface area contributed by atoms with Crippen molar-refractivity contribution in [3.05, 3.63) is 18.2 Å². The van der Waals surface area contributed by atoms with Crippen molar-refractivity contribution in [2.24, 2.45) is 0 Å². The molecule has 0 aromatic heterocycles. The van der Waals surface area contributed by atoms with Gasteiger partial charge >= 0.3 is 12.0 Å². The number of aliphatic carboxylic acids is 1. The Labute approximate surface area is 110 Å². The van der Waals surface area contributed by atoms with Gasteiger partial charge in [0.05, 0.1) is 26.3 Å². The molecule has 0 saturated heterocycles. The fraction of sp³-hybridized carbons (Fsp3) is 0.333. The molecule has 0 radical (unpaired) electrons. The Morgan fingerprint density at radius 2 is 2.00 bits per heavy atom. The highest BCUT2D eigenvalue weighted by Crippen LogP contribution is 2.28. The van der Waals surface area contributed by atoms with E-state index in [2.05, 4.69) is 10.6 Å². The summed E-state index contributed by atoms with van der Waals surface area (Å²) in [6.45, 7) is 0.0552. The van der Waals surface area contributed by atoms with E-state index in [1.165, 1.54) is 14.2 Å². The molecule has 0 spiro atoms. The van der Waals surface area contributed by atoms with Crippen LogP contribution in [0.3, 0.4) is 0 Å². The Balaban J connectivity index is 2.60. The van der Waals surface area contributed by atoms with Crippen molar-refractivity contribution in [2.45, 2.75) is 6.42 Å². The van der Waals surface area contributed by atoms with Crippen molar-refractivity contribution in [1.82, 2.24) is 5.32 Å². The summed E-state index contributed by atoms with van der Waals surface area (Å²) >= 11 is 0. The lowest BCUT2D eigenvalue weighted by Crippen LogP contribution is -2.30. The molecule has 2 amide bonds. The van der Waals surface area contributed by atoms with Crippen LogP contribution in [-0.4, -0.2) is 37.9 Å². The summed E-state index contributed by atoms with van der Waals surface area (Å²) in [5.74, 6) is 0.0868. The second kappa shape index (κ2) is 7.10. The lowest BCUT2D eigenvalue weighted by Gasteiger charge is -2.12. The van der Waals surface area contributed by atoms with Crippen molar-refractivity contribution >= 4 is 17.7 Å². The molecular weight excluding hydrogens is 252 g/mol. The molecule has 104 valence electrons. The maximum Gasteiger partial charge on any atom is 0.319 e. The van der Waals surface area contributed by atoms with E-state index < -0.39 is 12.0 Å². The van der Waals surface area contributed by atoms with Gasteiger partial charge in [-0.15, -0.1) is 0 Å². The molecule has 1 rings (SSSR count). The van der Waals surface area contributed by atoms with E-state index in [0.717, 1.165) is 0 Å². The van der Waals surface area contributed by atoms with E-state index in [1.54, 1.807) is 18.2 Å². The maximum atomic E-state index is 11.5. The zero-order valence-corrected chi connectivity index (χ0v) is 10.7. The number of methoxy groups -OCH3 is 2. The summed E-state index contributed by atoms with van der Waals surface area (Å²) in [6, 6.07) is 4.45. The zero-order valence-electron chi connectivity index (χ0n) is 10.7. The number of carboxylic acid groups (broad SMARTS) is 1. The summed E-state index contributed by atoms with van der Waals surface area (Å²) in [6.07, 6.45) is -0.132. The molecule has 0 unspecified atom stereocenters. The first-order valence-electron chi connectivity index (χ1n) is 5.55. The number of carbonyl (C=O) groups is 2. The van der Waals surface area contributed by atoms with E-state index in [4.69, 9.17) is 14.6 Å². The van der Waals surface area contributed by atoms with E-state index in [9.17, 15) is 9.59 Å². The Morgan fingerprint density at radius 3 is 2.58 bits per heavy atom. The van der Waals surface area contributed by atoms with Crippen LogP contribution in [0.1, 0.15) is 6.42 Å². The molecule has 7 nitrogen and oxygen atoms in total. The largest absolute Gasteiger partial charge is 0.497 e. The lowest BCUT2D eigenvalue weighted by molar-refractivity contribution is -0.136. The van der Waals surface area contributed by atoms with E-state index in [1.807, 2.05) is 0 Å². The normalized spacial score (nSPS) is 9.58. The predicted molar refractivity (Wildman–Crippen MR) is 68.8 cm³/mol. The summed E-state index contributed by atoms with van der Waals surface area (Å²) < 4.78 is 10.1. The van der Waals surface area contributed by atoms with Gasteiger partial charge < -0.3 is 25.2 Å². The fourth-order valence-electron chi connectivity index (χ4n) is 1.35. The van der Waals surface area contributed by atoms with Crippen LogP contribution < -0.4 is 20.1 Å². The molecular formula is C12H16N2O5. The number of rotatable bonds is 6. The minimum Gasteiger partial charge on any atom is -0.497 e. The molecule has 0 atom stereocenters. The zero-order chi connectivity index (χ0) is 14.3. The molecule has 0 aliphatic rings. The maximum absolute atomic E-state index is 11.5. The van der Waals surface area contributed by atoms with Crippen molar-refractivity contribution in [3.63, 3.8) is 0 Å². The van der Waals surface area contributed by atoms with Gasteiger partial charge in [-0.1, -0.05) is 0 Å². The predicted octanol–water partition coefficient (Wildman–Crippen LogP) is 1.30. The summed E-state index contributed by atoms with van der Waals surface area (Å²) in [5.41, 5.74) is 0.469. The van der Waals surface area contributed by atoms with Crippen LogP contribution in [0.2, 0.25) is 0 Å². The van der Waals surface area contributed by atoms with Gasteiger partial charge in [-0.2, -0.15) is 0 Å². The number of benzene rings is 1. The van der Waals surface area contributed by atoms with Crippen molar-refractivity contribution in [2.75, 3.05) is 26.1 Å². The highest BCUT2D eigenvalue weighted by Gasteiger charge is 2.08. The molecule has 0 aliphatic carbocycles. The molecule has 0 aliphatic heterocycles. The molecule has 0 heterocycles. The molecule has 0 saturated carbocycles. The first-order chi connectivity index (χ1) is 9.06. The van der Waals surface area contributed by atoms with Gasteiger partial charge in [0, 0.05) is 12.6 Å². The fourth-order valence-corrected chi connectivity index (χ4v) is 1.35. The summed E-state index contributed by atoms with van der Waals surface area (Å²) in [7, 11) is 3.00. The quantitative estimate of drug-likeness (QED) is 0.722. The number of anilines is 1. The minimum atomic E-state index is -0.970. The number of urea groups is 1. The van der Waals surface area contributed by atoms with Gasteiger partial charge in [0.15, 0.2) is 0 Å². The van der Waals surface area contributed by atoms with Gasteiger partial charge in [0.2, 0.25) is 0 Å². The first kappa shape index (κ1) is 14.6. The molecule has 1 aromatic rings. The van der Waals surface area contributed by atoms with Crippen LogP contribution in [0, 0.1) is 0 Å². The molecule has 19 heavy (non-hydrogen) atoms. The Hall–Kier alpha value is -2.44. The third-order valence-corrected chi connectivity index (χ3v) is 2.28. The molecule has 0 fully saturated rings. The van der Waals surface area contributed by atoms with Crippen LogP contribution in [0.15, 0.2) is 18.2 Å². The number of ether oxygens (including phenoxy) is 2.